The Hall–Kier alpha value is -1.98. The molecule has 1 aromatic heterocycles. The van der Waals surface area contributed by atoms with Crippen molar-refractivity contribution in [2.75, 3.05) is 6.61 Å². The molecule has 3 aromatic rings. The van der Waals surface area contributed by atoms with Crippen LogP contribution in [0.3, 0.4) is 0 Å². The Morgan fingerprint density at radius 1 is 1.04 bits per heavy atom. The van der Waals surface area contributed by atoms with Gasteiger partial charge >= 0.3 is 0 Å². The zero-order valence-electron chi connectivity index (χ0n) is 15.1. The largest absolute Gasteiger partial charge is 0.493 e. The first-order valence-corrected chi connectivity index (χ1v) is 9.89. The smallest absolute Gasteiger partial charge is 0.191 e. The molecule has 0 saturated carbocycles. The molecule has 0 amide bonds. The molecule has 0 aliphatic heterocycles. The van der Waals surface area contributed by atoms with E-state index in [4.69, 9.17) is 16.3 Å². The van der Waals surface area contributed by atoms with Crippen LogP contribution in [0.25, 0.3) is 11.4 Å². The number of halogens is 1. The van der Waals surface area contributed by atoms with Gasteiger partial charge in [0.25, 0.3) is 0 Å². The van der Waals surface area contributed by atoms with Gasteiger partial charge in [-0.3, -0.25) is 0 Å². The lowest BCUT2D eigenvalue weighted by Gasteiger charge is -2.09. The minimum atomic E-state index is 0.508. The number of hydrogen-bond acceptors (Lipinski definition) is 4. The summed E-state index contributed by atoms with van der Waals surface area (Å²) in [5, 5.41) is 10.3. The van der Waals surface area contributed by atoms with Crippen molar-refractivity contribution in [2.24, 2.45) is 13.0 Å². The molecule has 2 aromatic carbocycles. The van der Waals surface area contributed by atoms with Gasteiger partial charge in [-0.05, 0) is 47.9 Å². The zero-order valence-corrected chi connectivity index (χ0v) is 16.7. The van der Waals surface area contributed by atoms with Crippen molar-refractivity contribution in [2.45, 2.75) is 24.8 Å². The third-order valence-corrected chi connectivity index (χ3v) is 5.16. The van der Waals surface area contributed by atoms with Gasteiger partial charge in [-0.2, -0.15) is 0 Å². The van der Waals surface area contributed by atoms with E-state index < -0.39 is 0 Å². The first kappa shape index (κ1) is 18.8. The number of ether oxygens (including phenoxy) is 1. The molecule has 136 valence electrons. The highest BCUT2D eigenvalue weighted by molar-refractivity contribution is 7.98. The summed E-state index contributed by atoms with van der Waals surface area (Å²) in [6.45, 7) is 4.99. The van der Waals surface area contributed by atoms with Crippen molar-refractivity contribution < 1.29 is 4.74 Å². The van der Waals surface area contributed by atoms with Gasteiger partial charge < -0.3 is 9.30 Å². The van der Waals surface area contributed by atoms with E-state index in [1.807, 2.05) is 60.1 Å². The number of hydrogen-bond donors (Lipinski definition) is 0. The highest BCUT2D eigenvalue weighted by Gasteiger charge is 2.11. The number of benzene rings is 2. The SMILES string of the molecule is CC(C)COc1ccc(-c2nnc(SCc3ccc(Cl)cc3)n2C)cc1. The Balaban J connectivity index is 1.67. The quantitative estimate of drug-likeness (QED) is 0.504. The zero-order chi connectivity index (χ0) is 18.5. The molecule has 1 heterocycles. The van der Waals surface area contributed by atoms with Gasteiger partial charge in [-0.25, -0.2) is 0 Å². The van der Waals surface area contributed by atoms with Crippen LogP contribution in [-0.4, -0.2) is 21.4 Å². The van der Waals surface area contributed by atoms with Gasteiger partial charge in [-0.1, -0.05) is 49.3 Å². The van der Waals surface area contributed by atoms with Gasteiger partial charge in [-0.15, -0.1) is 10.2 Å². The summed E-state index contributed by atoms with van der Waals surface area (Å²) >= 11 is 7.59. The van der Waals surface area contributed by atoms with Crippen LogP contribution < -0.4 is 4.74 Å². The fourth-order valence-electron chi connectivity index (χ4n) is 2.38. The molecule has 0 spiro atoms. The van der Waals surface area contributed by atoms with Crippen molar-refractivity contribution in [3.8, 4) is 17.1 Å². The molecule has 0 bridgehead atoms. The summed E-state index contributed by atoms with van der Waals surface area (Å²) in [7, 11) is 1.99. The topological polar surface area (TPSA) is 39.9 Å². The Labute approximate surface area is 163 Å². The van der Waals surface area contributed by atoms with Gasteiger partial charge in [0, 0.05) is 23.4 Å². The average Bonchev–Trinajstić information content (AvgIpc) is 3.00. The minimum Gasteiger partial charge on any atom is -0.493 e. The van der Waals surface area contributed by atoms with Crippen LogP contribution in [0.5, 0.6) is 5.75 Å². The summed E-state index contributed by atoms with van der Waals surface area (Å²) in [5.41, 5.74) is 2.23. The van der Waals surface area contributed by atoms with Gasteiger partial charge in [0.1, 0.15) is 5.75 Å². The number of thioether (sulfide) groups is 1. The maximum absolute atomic E-state index is 5.93. The molecule has 0 aliphatic rings. The lowest BCUT2D eigenvalue weighted by Crippen LogP contribution is -2.04. The van der Waals surface area contributed by atoms with Crippen molar-refractivity contribution in [1.82, 2.24) is 14.8 Å². The lowest BCUT2D eigenvalue weighted by atomic mass is 10.2. The molecule has 0 aliphatic carbocycles. The van der Waals surface area contributed by atoms with Crippen LogP contribution in [0.15, 0.2) is 53.7 Å². The second-order valence-corrected chi connectivity index (χ2v) is 7.89. The van der Waals surface area contributed by atoms with Crippen LogP contribution >= 0.6 is 23.4 Å². The molecule has 0 N–H and O–H groups in total. The summed E-state index contributed by atoms with van der Waals surface area (Å²) < 4.78 is 7.75. The molecule has 6 heteroatoms. The van der Waals surface area contributed by atoms with Gasteiger partial charge in [0.2, 0.25) is 0 Å². The first-order valence-electron chi connectivity index (χ1n) is 8.53. The Kier molecular flexibility index (Phi) is 6.22. The normalized spacial score (nSPS) is 11.1. The molecule has 0 radical (unpaired) electrons. The maximum Gasteiger partial charge on any atom is 0.191 e. The average molecular weight is 388 g/mol. The molecule has 0 saturated heterocycles. The van der Waals surface area contributed by atoms with E-state index in [1.54, 1.807) is 11.8 Å². The van der Waals surface area contributed by atoms with Gasteiger partial charge in [0.05, 0.1) is 6.61 Å². The van der Waals surface area contributed by atoms with E-state index >= 15 is 0 Å². The molecule has 0 fully saturated rings. The van der Waals surface area contributed by atoms with Crippen molar-refractivity contribution in [3.05, 3.63) is 59.1 Å². The summed E-state index contributed by atoms with van der Waals surface area (Å²) in [5.74, 6) is 3.06. The third kappa shape index (κ3) is 4.80. The molecule has 3 rings (SSSR count). The molecule has 0 unspecified atom stereocenters. The minimum absolute atomic E-state index is 0.508. The van der Waals surface area contributed by atoms with Crippen molar-refractivity contribution >= 4 is 23.4 Å². The molecule has 4 nitrogen and oxygen atoms in total. The lowest BCUT2D eigenvalue weighted by molar-refractivity contribution is 0.271. The predicted molar refractivity (Wildman–Crippen MR) is 108 cm³/mol. The van der Waals surface area contributed by atoms with Crippen LogP contribution in [0, 0.1) is 5.92 Å². The molecular formula is C20H22ClN3OS. The van der Waals surface area contributed by atoms with Crippen LogP contribution in [-0.2, 0) is 12.8 Å². The van der Waals surface area contributed by atoms with Crippen molar-refractivity contribution in [1.29, 1.82) is 0 Å². The fraction of sp³-hybridized carbons (Fsp3) is 0.300. The number of nitrogens with zero attached hydrogens (tertiary/aromatic N) is 3. The van der Waals surface area contributed by atoms with E-state index in [1.165, 1.54) is 5.56 Å². The van der Waals surface area contributed by atoms with E-state index in [9.17, 15) is 0 Å². The Morgan fingerprint density at radius 3 is 2.38 bits per heavy atom. The first-order chi connectivity index (χ1) is 12.5. The molecule has 0 atom stereocenters. The Bertz CT molecular complexity index is 844. The number of aromatic nitrogens is 3. The second-order valence-electron chi connectivity index (χ2n) is 6.51. The van der Waals surface area contributed by atoms with Crippen LogP contribution in [0.4, 0.5) is 0 Å². The molecular weight excluding hydrogens is 366 g/mol. The highest BCUT2D eigenvalue weighted by atomic mass is 35.5. The van der Waals surface area contributed by atoms with E-state index in [2.05, 4.69) is 24.0 Å². The highest BCUT2D eigenvalue weighted by Crippen LogP contribution is 2.26. The van der Waals surface area contributed by atoms with E-state index in [0.29, 0.717) is 5.92 Å². The predicted octanol–water partition coefficient (Wildman–Crippen LogP) is 5.46. The van der Waals surface area contributed by atoms with E-state index in [0.717, 1.165) is 39.7 Å². The fourth-order valence-corrected chi connectivity index (χ4v) is 3.38. The standard InChI is InChI=1S/C20H22ClN3OS/c1-14(2)12-25-18-10-6-16(7-11-18)19-22-23-20(24(19)3)26-13-15-4-8-17(21)9-5-15/h4-11,14H,12-13H2,1-3H3. The van der Waals surface area contributed by atoms with E-state index in [-0.39, 0.29) is 0 Å². The number of rotatable bonds is 7. The van der Waals surface area contributed by atoms with Crippen LogP contribution in [0.2, 0.25) is 5.02 Å². The monoisotopic (exact) mass is 387 g/mol. The molecule has 26 heavy (non-hydrogen) atoms. The summed E-state index contributed by atoms with van der Waals surface area (Å²) in [4.78, 5) is 0. The van der Waals surface area contributed by atoms with Crippen LogP contribution in [0.1, 0.15) is 19.4 Å². The third-order valence-electron chi connectivity index (χ3n) is 3.81. The maximum atomic E-state index is 5.93. The van der Waals surface area contributed by atoms with Gasteiger partial charge in [0.15, 0.2) is 11.0 Å². The summed E-state index contributed by atoms with van der Waals surface area (Å²) in [6.07, 6.45) is 0. The van der Waals surface area contributed by atoms with Crippen molar-refractivity contribution in [3.63, 3.8) is 0 Å². The Morgan fingerprint density at radius 2 is 1.73 bits per heavy atom. The summed E-state index contributed by atoms with van der Waals surface area (Å²) in [6, 6.07) is 15.9. The second kappa shape index (κ2) is 8.60.